The van der Waals surface area contributed by atoms with Crippen LogP contribution in [0.3, 0.4) is 0 Å². The van der Waals surface area contributed by atoms with Crippen LogP contribution in [0.4, 0.5) is 0 Å². The van der Waals surface area contributed by atoms with Crippen molar-refractivity contribution in [3.8, 4) is 0 Å². The van der Waals surface area contributed by atoms with Crippen molar-refractivity contribution in [1.82, 2.24) is 4.90 Å². The molecule has 3 atom stereocenters. The van der Waals surface area contributed by atoms with E-state index in [0.29, 0.717) is 13.2 Å². The van der Waals surface area contributed by atoms with E-state index in [9.17, 15) is 14.7 Å². The highest BCUT2D eigenvalue weighted by atomic mass is 32.2. The molecule has 19 heavy (non-hydrogen) atoms. The second-order valence-electron chi connectivity index (χ2n) is 5.14. The molecule has 5 nitrogen and oxygen atoms in total. The van der Waals surface area contributed by atoms with Gasteiger partial charge in [0.05, 0.1) is 19.3 Å². The zero-order valence-corrected chi connectivity index (χ0v) is 12.0. The van der Waals surface area contributed by atoms with Crippen LogP contribution in [-0.2, 0) is 14.3 Å². The minimum Gasteiger partial charge on any atom is -0.481 e. The van der Waals surface area contributed by atoms with Crippen molar-refractivity contribution < 1.29 is 19.4 Å². The van der Waals surface area contributed by atoms with E-state index in [1.165, 1.54) is 0 Å². The Balaban J connectivity index is 2.09. The number of amides is 1. The Labute approximate surface area is 117 Å². The van der Waals surface area contributed by atoms with E-state index in [2.05, 4.69) is 0 Å². The predicted molar refractivity (Wildman–Crippen MR) is 73.2 cm³/mol. The van der Waals surface area contributed by atoms with E-state index in [-0.39, 0.29) is 24.5 Å². The summed E-state index contributed by atoms with van der Waals surface area (Å²) in [6.45, 7) is 3.20. The number of carbonyl (C=O) groups is 2. The monoisotopic (exact) mass is 287 g/mol. The topological polar surface area (TPSA) is 66.8 Å². The lowest BCUT2D eigenvalue weighted by Crippen LogP contribution is -2.49. The standard InChI is InChI=1S/C13H21NO4S/c1-2-4-14(12(15)9-3-5-19-8-9)11-7-18-6-10(11)13(16)17/h9-11H,2-8H2,1H3,(H,16,17). The fourth-order valence-electron chi connectivity index (χ4n) is 2.73. The Morgan fingerprint density at radius 3 is 2.79 bits per heavy atom. The number of thioether (sulfide) groups is 1. The number of hydrogen-bond donors (Lipinski definition) is 1. The lowest BCUT2D eigenvalue weighted by molar-refractivity contribution is -0.146. The third-order valence-electron chi connectivity index (χ3n) is 3.79. The smallest absolute Gasteiger partial charge is 0.311 e. The minimum atomic E-state index is -0.864. The lowest BCUT2D eigenvalue weighted by atomic mass is 9.99. The molecule has 0 saturated carbocycles. The number of rotatable bonds is 5. The Bertz CT molecular complexity index is 344. The van der Waals surface area contributed by atoms with E-state index in [1.54, 1.807) is 16.7 Å². The molecule has 2 aliphatic rings. The fourth-order valence-corrected chi connectivity index (χ4v) is 3.94. The van der Waals surface area contributed by atoms with E-state index in [0.717, 1.165) is 24.3 Å². The second kappa shape index (κ2) is 6.61. The number of carbonyl (C=O) groups excluding carboxylic acids is 1. The second-order valence-corrected chi connectivity index (χ2v) is 6.29. The van der Waals surface area contributed by atoms with Crippen molar-refractivity contribution in [2.75, 3.05) is 31.3 Å². The number of nitrogens with zero attached hydrogens (tertiary/aromatic N) is 1. The molecular weight excluding hydrogens is 266 g/mol. The Kier molecular flexibility index (Phi) is 5.10. The Morgan fingerprint density at radius 2 is 2.21 bits per heavy atom. The van der Waals surface area contributed by atoms with Gasteiger partial charge in [-0.05, 0) is 18.6 Å². The summed E-state index contributed by atoms with van der Waals surface area (Å²) < 4.78 is 5.29. The van der Waals surface area contributed by atoms with Crippen molar-refractivity contribution >= 4 is 23.6 Å². The molecule has 0 radical (unpaired) electrons. The van der Waals surface area contributed by atoms with Crippen LogP contribution in [0.15, 0.2) is 0 Å². The number of hydrogen-bond acceptors (Lipinski definition) is 4. The van der Waals surface area contributed by atoms with Crippen molar-refractivity contribution in [3.05, 3.63) is 0 Å². The first kappa shape index (κ1) is 14.7. The van der Waals surface area contributed by atoms with Crippen LogP contribution in [0.1, 0.15) is 19.8 Å². The first-order valence-electron chi connectivity index (χ1n) is 6.84. The maximum atomic E-state index is 12.6. The van der Waals surface area contributed by atoms with Crippen LogP contribution in [-0.4, -0.2) is 59.2 Å². The largest absolute Gasteiger partial charge is 0.481 e. The molecule has 2 aliphatic heterocycles. The number of ether oxygens (including phenoxy) is 1. The van der Waals surface area contributed by atoms with Crippen LogP contribution in [0.5, 0.6) is 0 Å². The maximum absolute atomic E-state index is 12.6. The molecule has 6 heteroatoms. The average molecular weight is 287 g/mol. The third kappa shape index (κ3) is 3.23. The summed E-state index contributed by atoms with van der Waals surface area (Å²) in [6, 6.07) is -0.296. The summed E-state index contributed by atoms with van der Waals surface area (Å²) in [4.78, 5) is 25.6. The molecule has 2 fully saturated rings. The quantitative estimate of drug-likeness (QED) is 0.819. The van der Waals surface area contributed by atoms with Crippen molar-refractivity contribution in [3.63, 3.8) is 0 Å². The van der Waals surface area contributed by atoms with Gasteiger partial charge in [0.15, 0.2) is 0 Å². The van der Waals surface area contributed by atoms with Gasteiger partial charge in [-0.2, -0.15) is 11.8 Å². The van der Waals surface area contributed by atoms with Gasteiger partial charge in [-0.1, -0.05) is 6.92 Å². The first-order chi connectivity index (χ1) is 9.15. The van der Waals surface area contributed by atoms with E-state index in [1.807, 2.05) is 6.92 Å². The summed E-state index contributed by atoms with van der Waals surface area (Å²) in [5.41, 5.74) is 0. The molecule has 1 N–H and O–H groups in total. The molecule has 108 valence electrons. The zero-order chi connectivity index (χ0) is 13.8. The van der Waals surface area contributed by atoms with E-state index >= 15 is 0 Å². The van der Waals surface area contributed by atoms with Gasteiger partial charge in [0.25, 0.3) is 0 Å². The highest BCUT2D eigenvalue weighted by Crippen LogP contribution is 2.28. The molecule has 0 spiro atoms. The minimum absolute atomic E-state index is 0.0617. The highest BCUT2D eigenvalue weighted by molar-refractivity contribution is 7.99. The summed E-state index contributed by atoms with van der Waals surface area (Å²) in [5, 5.41) is 9.23. The van der Waals surface area contributed by atoms with Crippen molar-refractivity contribution in [1.29, 1.82) is 0 Å². The molecule has 2 saturated heterocycles. The number of aliphatic carboxylic acids is 1. The summed E-state index contributed by atoms with van der Waals surface area (Å²) in [7, 11) is 0. The van der Waals surface area contributed by atoms with Gasteiger partial charge < -0.3 is 14.7 Å². The Morgan fingerprint density at radius 1 is 1.42 bits per heavy atom. The van der Waals surface area contributed by atoms with Gasteiger partial charge >= 0.3 is 5.97 Å². The van der Waals surface area contributed by atoms with Crippen LogP contribution in [0, 0.1) is 11.8 Å². The number of carboxylic acids is 1. The first-order valence-corrected chi connectivity index (χ1v) is 7.99. The average Bonchev–Trinajstić information content (AvgIpc) is 3.05. The van der Waals surface area contributed by atoms with Gasteiger partial charge in [0.2, 0.25) is 5.91 Å². The van der Waals surface area contributed by atoms with Crippen LogP contribution in [0.2, 0.25) is 0 Å². The van der Waals surface area contributed by atoms with Gasteiger partial charge in [-0.3, -0.25) is 9.59 Å². The molecule has 0 aliphatic carbocycles. The normalized spacial score (nSPS) is 30.5. The third-order valence-corrected chi connectivity index (χ3v) is 4.96. The van der Waals surface area contributed by atoms with Crippen LogP contribution >= 0.6 is 11.8 Å². The SMILES string of the molecule is CCCN(C(=O)C1CCSC1)C1COCC1C(=O)O. The fraction of sp³-hybridized carbons (Fsp3) is 0.846. The van der Waals surface area contributed by atoms with Crippen molar-refractivity contribution in [2.24, 2.45) is 11.8 Å². The maximum Gasteiger partial charge on any atom is 0.311 e. The molecule has 0 aromatic heterocycles. The molecule has 2 rings (SSSR count). The van der Waals surface area contributed by atoms with Gasteiger partial charge in [0.1, 0.15) is 5.92 Å². The van der Waals surface area contributed by atoms with Gasteiger partial charge in [-0.15, -0.1) is 0 Å². The zero-order valence-electron chi connectivity index (χ0n) is 11.2. The molecule has 0 bridgehead atoms. The highest BCUT2D eigenvalue weighted by Gasteiger charge is 2.41. The van der Waals surface area contributed by atoms with Crippen LogP contribution < -0.4 is 0 Å². The Hall–Kier alpha value is -0.750. The van der Waals surface area contributed by atoms with Gasteiger partial charge in [0, 0.05) is 18.2 Å². The predicted octanol–water partition coefficient (Wildman–Crippen LogP) is 1.08. The van der Waals surface area contributed by atoms with Crippen molar-refractivity contribution in [2.45, 2.75) is 25.8 Å². The summed E-state index contributed by atoms with van der Waals surface area (Å²) >= 11 is 1.80. The number of carboxylic acid groups (broad SMARTS) is 1. The molecule has 0 aromatic carbocycles. The molecule has 0 aromatic rings. The lowest BCUT2D eigenvalue weighted by Gasteiger charge is -2.32. The molecule has 3 unspecified atom stereocenters. The van der Waals surface area contributed by atoms with Crippen LogP contribution in [0.25, 0.3) is 0 Å². The van der Waals surface area contributed by atoms with E-state index in [4.69, 9.17) is 4.74 Å². The summed E-state index contributed by atoms with van der Waals surface area (Å²) in [6.07, 6.45) is 1.75. The van der Waals surface area contributed by atoms with Gasteiger partial charge in [-0.25, -0.2) is 0 Å². The van der Waals surface area contributed by atoms with E-state index < -0.39 is 11.9 Å². The molecular formula is C13H21NO4S. The summed E-state index contributed by atoms with van der Waals surface area (Å²) in [5.74, 6) is 0.631. The molecule has 2 heterocycles. The molecule has 1 amide bonds.